The molecule has 0 amide bonds. The average molecular weight is 352 g/mol. The van der Waals surface area contributed by atoms with Gasteiger partial charge in [-0.15, -0.1) is 0 Å². The van der Waals surface area contributed by atoms with Crippen LogP contribution in [0.3, 0.4) is 0 Å². The van der Waals surface area contributed by atoms with Crippen molar-refractivity contribution in [2.45, 2.75) is 42.9 Å². The third-order valence-corrected chi connectivity index (χ3v) is 6.68. The Kier molecular flexibility index (Phi) is 3.15. The Morgan fingerprint density at radius 3 is 2.44 bits per heavy atom. The molecule has 4 nitrogen and oxygen atoms in total. The molecule has 5 rings (SSSR count). The van der Waals surface area contributed by atoms with Gasteiger partial charge in [0.15, 0.2) is 0 Å². The van der Waals surface area contributed by atoms with Crippen molar-refractivity contribution >= 4 is 20.9 Å². The van der Waals surface area contributed by atoms with Crippen LogP contribution in [-0.2, 0) is 10.0 Å². The van der Waals surface area contributed by atoms with E-state index in [-0.39, 0.29) is 0 Å². The van der Waals surface area contributed by atoms with E-state index in [4.69, 9.17) is 5.14 Å². The lowest BCUT2D eigenvalue weighted by Gasteiger charge is -2.24. The van der Waals surface area contributed by atoms with Gasteiger partial charge in [-0.25, -0.2) is 13.6 Å². The molecule has 1 fully saturated rings. The molecule has 0 radical (unpaired) electrons. The third-order valence-electron chi connectivity index (χ3n) is 5.65. The van der Waals surface area contributed by atoms with Gasteiger partial charge in [0, 0.05) is 10.9 Å². The maximum absolute atomic E-state index is 12.5. The van der Waals surface area contributed by atoms with Crippen molar-refractivity contribution in [2.24, 2.45) is 5.14 Å². The number of aromatic nitrogens is 1. The summed E-state index contributed by atoms with van der Waals surface area (Å²) in [6.07, 6.45) is 5.64. The minimum Gasteiger partial charge on any atom is -0.304 e. The van der Waals surface area contributed by atoms with Crippen LogP contribution in [0.1, 0.15) is 43.6 Å². The first kappa shape index (κ1) is 15.2. The molecule has 0 aromatic heterocycles. The summed E-state index contributed by atoms with van der Waals surface area (Å²) in [6, 6.07) is 14.0. The van der Waals surface area contributed by atoms with Crippen LogP contribution in [0.5, 0.6) is 0 Å². The number of rotatable bonds is 3. The summed E-state index contributed by atoms with van der Waals surface area (Å²) in [5, 5.41) is 6.87. The Labute approximate surface area is 147 Å². The smallest absolute Gasteiger partial charge is 0.239 e. The molecule has 2 aromatic rings. The van der Waals surface area contributed by atoms with E-state index < -0.39 is 10.0 Å². The van der Waals surface area contributed by atoms with Crippen molar-refractivity contribution in [3.8, 4) is 16.9 Å². The van der Waals surface area contributed by atoms with E-state index in [1.54, 1.807) is 0 Å². The zero-order chi connectivity index (χ0) is 17.2. The quantitative estimate of drug-likeness (QED) is 0.597. The minimum absolute atomic E-state index is 0.293. The van der Waals surface area contributed by atoms with E-state index in [0.717, 1.165) is 53.7 Å². The summed E-state index contributed by atoms with van der Waals surface area (Å²) in [5.41, 5.74) is 4.96. The molecule has 0 unspecified atom stereocenters. The van der Waals surface area contributed by atoms with Crippen LogP contribution in [0.4, 0.5) is 0 Å². The first-order chi connectivity index (χ1) is 12.1. The van der Waals surface area contributed by atoms with Crippen molar-refractivity contribution in [1.82, 2.24) is 4.57 Å². The molecule has 0 bridgehead atoms. The van der Waals surface area contributed by atoms with Gasteiger partial charge in [-0.05, 0) is 30.4 Å². The van der Waals surface area contributed by atoms with Gasteiger partial charge in [0.25, 0.3) is 0 Å². The second-order valence-electron chi connectivity index (χ2n) is 7.15. The number of nitrogens with two attached hydrogens (primary N) is 1. The van der Waals surface area contributed by atoms with Crippen LogP contribution < -0.4 is 5.14 Å². The monoisotopic (exact) mass is 352 g/mol. The molecule has 0 spiro atoms. The topological polar surface area (TPSA) is 65.1 Å². The molecule has 2 aliphatic heterocycles. The van der Waals surface area contributed by atoms with Crippen molar-refractivity contribution in [3.05, 3.63) is 48.0 Å². The molecule has 0 atom stereocenters. The second kappa shape index (κ2) is 5.19. The van der Waals surface area contributed by atoms with Gasteiger partial charge < -0.3 is 4.57 Å². The normalized spacial score (nSPS) is 17.2. The SMILES string of the molecule is NS(=O)(=O)c1c(-c2c3c4ccccc4n2-3)cccc1C1CCCCC1. The van der Waals surface area contributed by atoms with Crippen LogP contribution in [-0.4, -0.2) is 13.0 Å². The van der Waals surface area contributed by atoms with E-state index in [1.807, 2.05) is 30.3 Å². The molecular weight excluding hydrogens is 332 g/mol. The standard InChI is InChI=1S/C20H20N2O2S/c21-25(23,24)20-14(13-7-2-1-3-8-13)10-6-11-16(20)19-18-15-9-4-5-12-17(15)22(18)19/h4-6,9-13H,1-3,7-8H2,(H2,21,23,24). The molecular formula is C20H20N2O2S. The van der Waals surface area contributed by atoms with Crippen LogP contribution in [0.15, 0.2) is 47.4 Å². The van der Waals surface area contributed by atoms with Gasteiger partial charge >= 0.3 is 0 Å². The van der Waals surface area contributed by atoms with Gasteiger partial charge in [0.2, 0.25) is 10.0 Å². The van der Waals surface area contributed by atoms with Gasteiger partial charge in [-0.1, -0.05) is 55.7 Å². The number of fused-ring (bicyclic) bond motifs is 4. The molecule has 2 heterocycles. The summed E-state index contributed by atoms with van der Waals surface area (Å²) in [5.74, 6) is 0.293. The summed E-state index contributed by atoms with van der Waals surface area (Å²) in [4.78, 5) is 0.338. The summed E-state index contributed by atoms with van der Waals surface area (Å²) in [6.45, 7) is 0. The van der Waals surface area contributed by atoms with Crippen LogP contribution >= 0.6 is 0 Å². The van der Waals surface area contributed by atoms with E-state index >= 15 is 0 Å². The average Bonchev–Trinajstić information content (AvgIpc) is 3.28. The first-order valence-electron chi connectivity index (χ1n) is 8.87. The fourth-order valence-corrected chi connectivity index (χ4v) is 5.55. The number of para-hydroxylation sites is 1. The molecule has 2 aromatic carbocycles. The van der Waals surface area contributed by atoms with Gasteiger partial charge in [-0.3, -0.25) is 0 Å². The van der Waals surface area contributed by atoms with Crippen molar-refractivity contribution in [2.75, 3.05) is 0 Å². The highest BCUT2D eigenvalue weighted by molar-refractivity contribution is 7.89. The van der Waals surface area contributed by atoms with E-state index in [2.05, 4.69) is 16.7 Å². The molecule has 5 heteroatoms. The maximum atomic E-state index is 12.5. The highest BCUT2D eigenvalue weighted by atomic mass is 32.2. The lowest BCUT2D eigenvalue weighted by Crippen LogP contribution is -2.18. The summed E-state index contributed by atoms with van der Waals surface area (Å²) in [7, 11) is -3.79. The van der Waals surface area contributed by atoms with Gasteiger partial charge in [0.05, 0.1) is 21.8 Å². The zero-order valence-electron chi connectivity index (χ0n) is 13.9. The molecule has 25 heavy (non-hydrogen) atoms. The van der Waals surface area contributed by atoms with Crippen molar-refractivity contribution < 1.29 is 8.42 Å². The largest absolute Gasteiger partial charge is 0.304 e. The van der Waals surface area contributed by atoms with Crippen LogP contribution in [0.25, 0.3) is 27.8 Å². The Morgan fingerprint density at radius 1 is 0.960 bits per heavy atom. The number of primary sulfonamides is 1. The number of hydrogen-bond acceptors (Lipinski definition) is 2. The highest BCUT2D eigenvalue weighted by Crippen LogP contribution is 2.53. The Balaban J connectivity index is 1.72. The lowest BCUT2D eigenvalue weighted by molar-refractivity contribution is 0.439. The second-order valence-corrected chi connectivity index (χ2v) is 8.65. The molecule has 128 valence electrons. The number of nitrogens with zero attached hydrogens (tertiary/aromatic N) is 1. The first-order valence-corrected chi connectivity index (χ1v) is 10.4. The van der Waals surface area contributed by atoms with Crippen molar-refractivity contribution in [1.29, 1.82) is 0 Å². The van der Waals surface area contributed by atoms with Crippen LogP contribution in [0.2, 0.25) is 0 Å². The van der Waals surface area contributed by atoms with Crippen molar-refractivity contribution in [3.63, 3.8) is 0 Å². The predicted molar refractivity (Wildman–Crippen MR) is 99.5 cm³/mol. The molecule has 1 aliphatic carbocycles. The summed E-state index contributed by atoms with van der Waals surface area (Å²) < 4.78 is 27.1. The Bertz CT molecular complexity index is 1070. The number of benzene rings is 2. The molecule has 1 saturated carbocycles. The van der Waals surface area contributed by atoms with E-state index in [1.165, 1.54) is 11.8 Å². The number of hydrogen-bond donors (Lipinski definition) is 1. The zero-order valence-corrected chi connectivity index (χ0v) is 14.7. The minimum atomic E-state index is -3.79. The highest BCUT2D eigenvalue weighted by Gasteiger charge is 2.37. The predicted octanol–water partition coefficient (Wildman–Crippen LogP) is 4.31. The molecule has 0 saturated heterocycles. The lowest BCUT2D eigenvalue weighted by atomic mass is 9.83. The Hall–Kier alpha value is -2.11. The van der Waals surface area contributed by atoms with E-state index in [9.17, 15) is 8.42 Å². The summed E-state index contributed by atoms with van der Waals surface area (Å²) >= 11 is 0. The third kappa shape index (κ3) is 2.19. The maximum Gasteiger partial charge on any atom is 0.239 e. The van der Waals surface area contributed by atoms with Gasteiger partial charge in [0.1, 0.15) is 0 Å². The fraction of sp³-hybridized carbons (Fsp3) is 0.300. The molecule has 2 N–H and O–H groups in total. The van der Waals surface area contributed by atoms with Gasteiger partial charge in [-0.2, -0.15) is 0 Å². The van der Waals surface area contributed by atoms with E-state index in [0.29, 0.717) is 10.8 Å². The Morgan fingerprint density at radius 2 is 1.72 bits per heavy atom. The fourth-order valence-electron chi connectivity index (χ4n) is 4.51. The molecule has 3 aliphatic rings. The number of sulfonamides is 1. The van der Waals surface area contributed by atoms with Crippen LogP contribution in [0, 0.1) is 0 Å².